The van der Waals surface area contributed by atoms with Crippen LogP contribution in [0.3, 0.4) is 0 Å². The normalized spacial score (nSPS) is 16.2. The summed E-state index contributed by atoms with van der Waals surface area (Å²) in [6, 6.07) is 8.49. The van der Waals surface area contributed by atoms with Crippen LogP contribution in [0, 0.1) is 25.5 Å². The summed E-state index contributed by atoms with van der Waals surface area (Å²) in [6.07, 6.45) is 2.50. The second kappa shape index (κ2) is 10.1. The molecule has 41 heavy (non-hydrogen) atoms. The molecule has 0 unspecified atom stereocenters. The van der Waals surface area contributed by atoms with Crippen LogP contribution in [0.25, 0.3) is 27.3 Å². The number of thiazole rings is 1. The number of piperidine rings is 1. The maximum absolute atomic E-state index is 14.3. The van der Waals surface area contributed by atoms with Crippen molar-refractivity contribution in [2.24, 2.45) is 0 Å². The summed E-state index contributed by atoms with van der Waals surface area (Å²) in [5.74, 6) is -1.37. The van der Waals surface area contributed by atoms with Gasteiger partial charge in [-0.3, -0.25) is 9.36 Å². The molecule has 9 nitrogen and oxygen atoms in total. The minimum absolute atomic E-state index is 0.218. The molecule has 1 atom stereocenters. The summed E-state index contributed by atoms with van der Waals surface area (Å²) in [5.41, 5.74) is 4.35. The number of hydrogen-bond donors (Lipinski definition) is 0. The van der Waals surface area contributed by atoms with E-state index in [9.17, 15) is 22.0 Å². The maximum Gasteiger partial charge on any atom is 0.227 e. The van der Waals surface area contributed by atoms with E-state index in [1.165, 1.54) is 22.3 Å². The van der Waals surface area contributed by atoms with E-state index < -0.39 is 27.5 Å². The van der Waals surface area contributed by atoms with Gasteiger partial charge in [0, 0.05) is 35.4 Å². The van der Waals surface area contributed by atoms with Gasteiger partial charge < -0.3 is 9.42 Å². The van der Waals surface area contributed by atoms with E-state index >= 15 is 0 Å². The number of sulfone groups is 1. The summed E-state index contributed by atoms with van der Waals surface area (Å²) >= 11 is 1.26. The number of carbonyl (C=O) groups excluding carboxylic acids is 1. The minimum Gasteiger partial charge on any atom is -0.361 e. The highest BCUT2D eigenvalue weighted by atomic mass is 32.2. The van der Waals surface area contributed by atoms with Gasteiger partial charge in [-0.1, -0.05) is 11.2 Å². The van der Waals surface area contributed by atoms with Gasteiger partial charge in [-0.2, -0.15) is 0 Å². The first-order valence-electron chi connectivity index (χ1n) is 12.9. The fourth-order valence-corrected chi connectivity index (χ4v) is 7.02. The fourth-order valence-electron chi connectivity index (χ4n) is 5.38. The van der Waals surface area contributed by atoms with E-state index in [2.05, 4.69) is 10.1 Å². The average Bonchev–Trinajstić information content (AvgIpc) is 3.60. The standard InChI is InChI=1S/C28H25F2N5O4S2/c1-15-26(16(2)39-33-15)17-7-10-23-22(11-17)32-27(35(23)28-31-18(13-40-28)14-41(3,37)38)24-5-4-6-25(36)34(24)19-8-9-20(29)21(30)12-19/h7-13,24H,4-6,14H2,1-3H3/t24-/m0/s1. The largest absolute Gasteiger partial charge is 0.361 e. The second-order valence-electron chi connectivity index (χ2n) is 10.2. The molecule has 4 heterocycles. The van der Waals surface area contributed by atoms with Crippen LogP contribution in [0.1, 0.15) is 48.3 Å². The van der Waals surface area contributed by atoms with Crippen molar-refractivity contribution in [3.8, 4) is 16.3 Å². The van der Waals surface area contributed by atoms with Gasteiger partial charge in [0.1, 0.15) is 11.6 Å². The van der Waals surface area contributed by atoms with Crippen LogP contribution in [-0.4, -0.2) is 40.3 Å². The number of carbonyl (C=O) groups is 1. The van der Waals surface area contributed by atoms with Crippen molar-refractivity contribution in [2.75, 3.05) is 11.2 Å². The van der Waals surface area contributed by atoms with Gasteiger partial charge in [0.25, 0.3) is 0 Å². The van der Waals surface area contributed by atoms with Gasteiger partial charge in [-0.05, 0) is 56.5 Å². The Bertz CT molecular complexity index is 1910. The Labute approximate surface area is 238 Å². The molecule has 1 aliphatic heterocycles. The van der Waals surface area contributed by atoms with E-state index in [0.29, 0.717) is 46.3 Å². The molecule has 2 aromatic carbocycles. The fraction of sp³-hybridized carbons (Fsp3) is 0.286. The number of rotatable bonds is 6. The molecule has 0 radical (unpaired) electrons. The topological polar surface area (TPSA) is 111 Å². The van der Waals surface area contributed by atoms with E-state index in [-0.39, 0.29) is 23.8 Å². The summed E-state index contributed by atoms with van der Waals surface area (Å²) < 4.78 is 59.1. The Morgan fingerprint density at radius 1 is 1.10 bits per heavy atom. The third kappa shape index (κ3) is 5.04. The van der Waals surface area contributed by atoms with Gasteiger partial charge in [0.2, 0.25) is 5.91 Å². The number of hydrogen-bond acceptors (Lipinski definition) is 8. The monoisotopic (exact) mass is 597 g/mol. The molecule has 13 heteroatoms. The number of halogens is 2. The first-order chi connectivity index (χ1) is 19.5. The van der Waals surface area contributed by atoms with Crippen LogP contribution in [0.15, 0.2) is 46.3 Å². The van der Waals surface area contributed by atoms with Gasteiger partial charge in [0.05, 0.1) is 34.2 Å². The molecule has 6 rings (SSSR count). The summed E-state index contributed by atoms with van der Waals surface area (Å²) in [5, 5.41) is 6.22. The molecular weight excluding hydrogens is 572 g/mol. The number of imidazole rings is 1. The molecule has 0 N–H and O–H groups in total. The Morgan fingerprint density at radius 2 is 1.90 bits per heavy atom. The van der Waals surface area contributed by atoms with Crippen LogP contribution in [-0.2, 0) is 20.4 Å². The lowest BCUT2D eigenvalue weighted by atomic mass is 9.99. The lowest BCUT2D eigenvalue weighted by molar-refractivity contribution is -0.120. The van der Waals surface area contributed by atoms with Crippen molar-refractivity contribution >= 4 is 43.8 Å². The highest BCUT2D eigenvalue weighted by Crippen LogP contribution is 2.40. The van der Waals surface area contributed by atoms with Crippen LogP contribution in [0.4, 0.5) is 14.5 Å². The zero-order valence-electron chi connectivity index (χ0n) is 22.4. The predicted molar refractivity (Wildman–Crippen MR) is 151 cm³/mol. The Hall–Kier alpha value is -3.97. The number of fused-ring (bicyclic) bond motifs is 1. The highest BCUT2D eigenvalue weighted by molar-refractivity contribution is 7.89. The third-order valence-corrected chi connectivity index (χ3v) is 8.77. The zero-order valence-corrected chi connectivity index (χ0v) is 24.0. The Kier molecular flexibility index (Phi) is 6.73. The summed E-state index contributed by atoms with van der Waals surface area (Å²) in [4.78, 5) is 24.3. The second-order valence-corrected chi connectivity index (χ2v) is 13.1. The molecule has 1 saturated heterocycles. The van der Waals surface area contributed by atoms with Crippen LogP contribution in [0.2, 0.25) is 0 Å². The quantitative estimate of drug-likeness (QED) is 0.242. The molecule has 212 valence electrons. The first kappa shape index (κ1) is 27.2. The predicted octanol–water partition coefficient (Wildman–Crippen LogP) is 5.83. The Morgan fingerprint density at radius 3 is 2.61 bits per heavy atom. The van der Waals surface area contributed by atoms with E-state index in [0.717, 1.165) is 35.2 Å². The molecule has 1 aliphatic rings. The maximum atomic E-state index is 14.3. The number of anilines is 1. The van der Waals surface area contributed by atoms with E-state index in [1.807, 2.05) is 36.6 Å². The van der Waals surface area contributed by atoms with E-state index in [1.54, 1.807) is 5.38 Å². The molecule has 0 spiro atoms. The third-order valence-electron chi connectivity index (χ3n) is 7.07. The van der Waals surface area contributed by atoms with Crippen molar-refractivity contribution in [1.82, 2.24) is 19.7 Å². The molecule has 0 aliphatic carbocycles. The Balaban J connectivity index is 1.56. The molecule has 0 saturated carbocycles. The molecule has 1 amide bonds. The van der Waals surface area contributed by atoms with Gasteiger partial charge in [0.15, 0.2) is 26.6 Å². The SMILES string of the molecule is Cc1noc(C)c1-c1ccc2c(c1)nc([C@@H]1CCCC(=O)N1c1ccc(F)c(F)c1)n2-c1nc(CS(C)(=O)=O)cs1. The zero-order chi connectivity index (χ0) is 29.1. The average molecular weight is 598 g/mol. The van der Waals surface area contributed by atoms with Gasteiger partial charge >= 0.3 is 0 Å². The molecule has 0 bridgehead atoms. The van der Waals surface area contributed by atoms with Crippen molar-refractivity contribution in [3.63, 3.8) is 0 Å². The molecule has 5 aromatic rings. The number of amides is 1. The summed E-state index contributed by atoms with van der Waals surface area (Å²) in [7, 11) is -3.32. The van der Waals surface area contributed by atoms with Gasteiger partial charge in [-0.25, -0.2) is 27.2 Å². The van der Waals surface area contributed by atoms with Gasteiger partial charge in [-0.15, -0.1) is 11.3 Å². The number of benzene rings is 2. The number of aryl methyl sites for hydroxylation is 2. The van der Waals surface area contributed by atoms with Crippen molar-refractivity contribution in [1.29, 1.82) is 0 Å². The minimum atomic E-state index is -3.32. The molecular formula is C28H25F2N5O4S2. The van der Waals surface area contributed by atoms with Crippen LogP contribution in [0.5, 0.6) is 0 Å². The van der Waals surface area contributed by atoms with Crippen molar-refractivity contribution in [3.05, 3.63) is 76.4 Å². The smallest absolute Gasteiger partial charge is 0.227 e. The van der Waals surface area contributed by atoms with Crippen LogP contribution < -0.4 is 4.90 Å². The number of aromatic nitrogens is 4. The lowest BCUT2D eigenvalue weighted by Gasteiger charge is -2.35. The van der Waals surface area contributed by atoms with Crippen molar-refractivity contribution in [2.45, 2.75) is 44.9 Å². The molecule has 1 fully saturated rings. The summed E-state index contributed by atoms with van der Waals surface area (Å²) in [6.45, 7) is 3.68. The highest BCUT2D eigenvalue weighted by Gasteiger charge is 2.35. The lowest BCUT2D eigenvalue weighted by Crippen LogP contribution is -2.39. The van der Waals surface area contributed by atoms with Crippen molar-refractivity contribution < 1.29 is 26.5 Å². The number of nitrogens with zero attached hydrogens (tertiary/aromatic N) is 5. The van der Waals surface area contributed by atoms with Crippen LogP contribution >= 0.6 is 11.3 Å². The van der Waals surface area contributed by atoms with E-state index in [4.69, 9.17) is 9.51 Å². The molecule has 3 aromatic heterocycles. The first-order valence-corrected chi connectivity index (χ1v) is 15.8.